The van der Waals surface area contributed by atoms with Gasteiger partial charge in [-0.1, -0.05) is 41.9 Å². The summed E-state index contributed by atoms with van der Waals surface area (Å²) in [5.41, 5.74) is 1.84. The molecule has 0 N–H and O–H groups in total. The van der Waals surface area contributed by atoms with Crippen molar-refractivity contribution in [2.45, 2.75) is 32.0 Å². The molecular weight excluding hydrogens is 449 g/mol. The Kier molecular flexibility index (Phi) is 5.53. The lowest BCUT2D eigenvalue weighted by molar-refractivity contribution is -0.133. The molecule has 0 unspecified atom stereocenters. The maximum Gasteiger partial charge on any atom is 0.263 e. The van der Waals surface area contributed by atoms with Gasteiger partial charge in [-0.3, -0.25) is 14.2 Å². The van der Waals surface area contributed by atoms with E-state index in [1.54, 1.807) is 35.2 Å². The molecule has 5 nitrogen and oxygen atoms in total. The molecular formula is C24H19ClFN3O2S. The van der Waals surface area contributed by atoms with E-state index >= 15 is 0 Å². The van der Waals surface area contributed by atoms with E-state index in [1.165, 1.54) is 28.3 Å². The lowest BCUT2D eigenvalue weighted by atomic mass is 10.1. The first-order valence-electron chi connectivity index (χ1n) is 10.3. The quantitative estimate of drug-likeness (QED) is 0.396. The Morgan fingerprint density at radius 2 is 1.94 bits per heavy atom. The van der Waals surface area contributed by atoms with E-state index in [-0.39, 0.29) is 36.4 Å². The Morgan fingerprint density at radius 3 is 2.66 bits per heavy atom. The first kappa shape index (κ1) is 20.8. The number of benzene rings is 2. The Morgan fingerprint density at radius 1 is 1.19 bits per heavy atom. The fourth-order valence-electron chi connectivity index (χ4n) is 3.78. The summed E-state index contributed by atoms with van der Waals surface area (Å²) in [6.45, 7) is 0.0533. The van der Waals surface area contributed by atoms with Crippen molar-refractivity contribution in [3.8, 4) is 11.1 Å². The second kappa shape index (κ2) is 8.48. The van der Waals surface area contributed by atoms with Gasteiger partial charge in [0.25, 0.3) is 5.56 Å². The topological polar surface area (TPSA) is 55.2 Å². The van der Waals surface area contributed by atoms with Gasteiger partial charge >= 0.3 is 0 Å². The monoisotopic (exact) mass is 467 g/mol. The highest BCUT2D eigenvalue weighted by Crippen LogP contribution is 2.32. The third-order valence-corrected chi connectivity index (χ3v) is 6.77. The van der Waals surface area contributed by atoms with Gasteiger partial charge in [0.05, 0.1) is 11.7 Å². The van der Waals surface area contributed by atoms with Crippen molar-refractivity contribution >= 4 is 39.1 Å². The Hall–Kier alpha value is -3.03. The molecule has 1 saturated carbocycles. The molecule has 162 valence electrons. The van der Waals surface area contributed by atoms with Crippen LogP contribution in [0.2, 0.25) is 5.02 Å². The predicted octanol–water partition coefficient (Wildman–Crippen LogP) is 5.11. The summed E-state index contributed by atoms with van der Waals surface area (Å²) in [6.07, 6.45) is 3.19. The third kappa shape index (κ3) is 4.06. The Labute approximate surface area is 192 Å². The summed E-state index contributed by atoms with van der Waals surface area (Å²) in [4.78, 5) is 33.1. The molecule has 1 fully saturated rings. The molecule has 0 radical (unpaired) electrons. The molecule has 32 heavy (non-hydrogen) atoms. The number of carbonyl (C=O) groups is 1. The number of hydrogen-bond donors (Lipinski definition) is 0. The van der Waals surface area contributed by atoms with E-state index in [2.05, 4.69) is 4.98 Å². The van der Waals surface area contributed by atoms with Crippen LogP contribution in [0.5, 0.6) is 0 Å². The van der Waals surface area contributed by atoms with Crippen molar-refractivity contribution in [2.24, 2.45) is 0 Å². The van der Waals surface area contributed by atoms with Crippen LogP contribution in [0.3, 0.4) is 0 Å². The smallest absolute Gasteiger partial charge is 0.263 e. The van der Waals surface area contributed by atoms with Crippen molar-refractivity contribution in [3.63, 3.8) is 0 Å². The SMILES string of the molecule is O=C(Cn1cnc2scc(-c3ccc(Cl)cc3)c2c1=O)N(Cc1ccccc1F)C1CC1. The highest BCUT2D eigenvalue weighted by molar-refractivity contribution is 7.17. The lowest BCUT2D eigenvalue weighted by Crippen LogP contribution is -2.37. The summed E-state index contributed by atoms with van der Waals surface area (Å²) in [5.74, 6) is -0.556. The van der Waals surface area contributed by atoms with Crippen LogP contribution in [0, 0.1) is 5.82 Å². The number of carbonyl (C=O) groups excluding carboxylic acids is 1. The minimum Gasteiger partial charge on any atom is -0.334 e. The highest BCUT2D eigenvalue weighted by Gasteiger charge is 2.33. The maximum absolute atomic E-state index is 14.1. The molecule has 0 bridgehead atoms. The van der Waals surface area contributed by atoms with Crippen LogP contribution in [-0.2, 0) is 17.9 Å². The first-order valence-corrected chi connectivity index (χ1v) is 11.5. The van der Waals surface area contributed by atoms with E-state index in [4.69, 9.17) is 11.6 Å². The van der Waals surface area contributed by atoms with Crippen LogP contribution >= 0.6 is 22.9 Å². The molecule has 1 aliphatic rings. The number of halogens is 2. The highest BCUT2D eigenvalue weighted by atomic mass is 35.5. The summed E-state index contributed by atoms with van der Waals surface area (Å²) in [7, 11) is 0. The predicted molar refractivity (Wildman–Crippen MR) is 124 cm³/mol. The summed E-state index contributed by atoms with van der Waals surface area (Å²) >= 11 is 7.38. The Bertz CT molecular complexity index is 1360. The van der Waals surface area contributed by atoms with Crippen LogP contribution in [0.1, 0.15) is 18.4 Å². The number of amides is 1. The second-order valence-electron chi connectivity index (χ2n) is 7.86. The second-order valence-corrected chi connectivity index (χ2v) is 9.15. The molecule has 2 aromatic heterocycles. The van der Waals surface area contributed by atoms with Crippen LogP contribution in [0.25, 0.3) is 21.3 Å². The molecule has 0 aliphatic heterocycles. The molecule has 4 aromatic rings. The van der Waals surface area contributed by atoms with Gasteiger partial charge in [0.15, 0.2) is 0 Å². The van der Waals surface area contributed by atoms with Gasteiger partial charge in [-0.25, -0.2) is 9.37 Å². The van der Waals surface area contributed by atoms with Crippen LogP contribution < -0.4 is 5.56 Å². The van der Waals surface area contributed by atoms with E-state index in [1.807, 2.05) is 17.5 Å². The van der Waals surface area contributed by atoms with Crippen LogP contribution in [0.4, 0.5) is 4.39 Å². The minimum absolute atomic E-state index is 0.0836. The number of nitrogens with zero attached hydrogens (tertiary/aromatic N) is 3. The van der Waals surface area contributed by atoms with Crippen LogP contribution in [0.15, 0.2) is 65.0 Å². The standard InChI is InChI=1S/C24H19ClFN3O2S/c25-17-7-5-15(6-8-17)19-13-32-23-22(19)24(31)28(14-27-23)12-21(30)29(18-9-10-18)11-16-3-1-2-4-20(16)26/h1-8,13-14,18H,9-12H2. The molecule has 2 aromatic carbocycles. The largest absolute Gasteiger partial charge is 0.334 e. The molecule has 1 aliphatic carbocycles. The first-order chi connectivity index (χ1) is 15.5. The van der Waals surface area contributed by atoms with Crippen molar-refractivity contribution < 1.29 is 9.18 Å². The van der Waals surface area contributed by atoms with Gasteiger partial charge in [-0.05, 0) is 36.6 Å². The zero-order valence-electron chi connectivity index (χ0n) is 17.0. The fourth-order valence-corrected chi connectivity index (χ4v) is 4.81. The summed E-state index contributed by atoms with van der Waals surface area (Å²) in [6, 6.07) is 13.8. The third-order valence-electron chi connectivity index (χ3n) is 5.63. The molecule has 0 saturated heterocycles. The molecule has 1 amide bonds. The summed E-state index contributed by atoms with van der Waals surface area (Å²) < 4.78 is 15.5. The molecule has 0 atom stereocenters. The van der Waals surface area contributed by atoms with Crippen molar-refractivity contribution in [2.75, 3.05) is 0 Å². The Balaban J connectivity index is 1.45. The number of thiophene rings is 1. The van der Waals surface area contributed by atoms with E-state index in [0.29, 0.717) is 20.8 Å². The van der Waals surface area contributed by atoms with Crippen molar-refractivity contribution in [1.82, 2.24) is 14.5 Å². The fraction of sp³-hybridized carbons (Fsp3) is 0.208. The lowest BCUT2D eigenvalue weighted by Gasteiger charge is -2.23. The summed E-state index contributed by atoms with van der Waals surface area (Å²) in [5, 5.41) is 2.99. The average molecular weight is 468 g/mol. The van der Waals surface area contributed by atoms with Gasteiger partial charge in [0.2, 0.25) is 5.91 Å². The van der Waals surface area contributed by atoms with Crippen molar-refractivity contribution in [3.05, 3.63) is 87.0 Å². The van der Waals surface area contributed by atoms with Gasteiger partial charge in [0, 0.05) is 34.1 Å². The van der Waals surface area contributed by atoms with Gasteiger partial charge in [0.1, 0.15) is 17.2 Å². The number of rotatable bonds is 6. The normalized spacial score (nSPS) is 13.4. The van der Waals surface area contributed by atoms with E-state index in [0.717, 1.165) is 24.0 Å². The number of fused-ring (bicyclic) bond motifs is 1. The minimum atomic E-state index is -0.336. The average Bonchev–Trinajstić information content (AvgIpc) is 3.53. The number of aromatic nitrogens is 2. The molecule has 2 heterocycles. The zero-order chi connectivity index (χ0) is 22.2. The van der Waals surface area contributed by atoms with Crippen LogP contribution in [-0.4, -0.2) is 26.4 Å². The number of hydrogen-bond acceptors (Lipinski definition) is 4. The molecule has 0 spiro atoms. The van der Waals surface area contributed by atoms with Gasteiger partial charge in [-0.15, -0.1) is 11.3 Å². The van der Waals surface area contributed by atoms with Gasteiger partial charge < -0.3 is 4.90 Å². The molecule has 8 heteroatoms. The maximum atomic E-state index is 14.1. The van der Waals surface area contributed by atoms with E-state index in [9.17, 15) is 14.0 Å². The van der Waals surface area contributed by atoms with Crippen molar-refractivity contribution in [1.29, 1.82) is 0 Å². The van der Waals surface area contributed by atoms with E-state index < -0.39 is 0 Å². The molecule has 5 rings (SSSR count). The van der Waals surface area contributed by atoms with Gasteiger partial charge in [-0.2, -0.15) is 0 Å². The zero-order valence-corrected chi connectivity index (χ0v) is 18.6.